The molecule has 1 aromatic heterocycles. The summed E-state index contributed by atoms with van der Waals surface area (Å²) in [5.74, 6) is 0. The van der Waals surface area contributed by atoms with Gasteiger partial charge in [0.15, 0.2) is 0 Å². The van der Waals surface area contributed by atoms with Gasteiger partial charge in [0.05, 0.1) is 18.3 Å². The third-order valence-corrected chi connectivity index (χ3v) is 2.40. The summed E-state index contributed by atoms with van der Waals surface area (Å²) in [6.45, 7) is 7.70. The average Bonchev–Trinajstić information content (AvgIpc) is 2.54. The lowest BCUT2D eigenvalue weighted by molar-refractivity contribution is 0.194. The lowest BCUT2D eigenvalue weighted by Gasteiger charge is -2.24. The largest absolute Gasteiger partial charge is 0.387 e. The van der Waals surface area contributed by atoms with Gasteiger partial charge < -0.3 is 5.11 Å². The van der Waals surface area contributed by atoms with Gasteiger partial charge >= 0.3 is 0 Å². The summed E-state index contributed by atoms with van der Waals surface area (Å²) in [5.41, 5.74) is 0.668. The van der Waals surface area contributed by atoms with Gasteiger partial charge in [-0.25, -0.2) is 4.68 Å². The number of aliphatic hydroxyl groups is 1. The van der Waals surface area contributed by atoms with E-state index >= 15 is 0 Å². The number of hydrogen-bond acceptors (Lipinski definition) is 3. The van der Waals surface area contributed by atoms with Crippen LogP contribution >= 0.6 is 0 Å². The standard InChI is InChI=1S/C8H13N3O.C2H4/c1-6(12)8-5-11(10-9-8)7-3-2-4-7;1-2/h5-7,12H,2-4H2,1H3;1-2H2. The van der Waals surface area contributed by atoms with Gasteiger partial charge in [0.2, 0.25) is 0 Å². The Morgan fingerprint density at radius 3 is 2.57 bits per heavy atom. The molecule has 0 aliphatic heterocycles. The van der Waals surface area contributed by atoms with E-state index < -0.39 is 6.10 Å². The Bertz CT molecular complexity index is 279. The predicted octanol–water partition coefficient (Wildman–Crippen LogP) is 1.86. The van der Waals surface area contributed by atoms with Gasteiger partial charge in [-0.05, 0) is 26.2 Å². The third-order valence-electron chi connectivity index (χ3n) is 2.40. The Morgan fingerprint density at radius 2 is 2.21 bits per heavy atom. The molecule has 1 saturated carbocycles. The highest BCUT2D eigenvalue weighted by molar-refractivity contribution is 4.97. The lowest BCUT2D eigenvalue weighted by atomic mass is 9.93. The molecule has 14 heavy (non-hydrogen) atoms. The minimum absolute atomic E-state index is 0.501. The second-order valence-electron chi connectivity index (χ2n) is 3.38. The fourth-order valence-corrected chi connectivity index (χ4v) is 1.31. The van der Waals surface area contributed by atoms with Crippen molar-refractivity contribution in [2.45, 2.75) is 38.3 Å². The molecule has 78 valence electrons. The topological polar surface area (TPSA) is 50.9 Å². The normalized spacial score (nSPS) is 17.9. The van der Waals surface area contributed by atoms with Crippen LogP contribution in [-0.4, -0.2) is 20.1 Å². The van der Waals surface area contributed by atoms with E-state index in [1.54, 1.807) is 6.92 Å². The third kappa shape index (κ3) is 2.20. The van der Waals surface area contributed by atoms with Crippen LogP contribution in [0, 0.1) is 0 Å². The van der Waals surface area contributed by atoms with Gasteiger partial charge in [-0.15, -0.1) is 18.3 Å². The van der Waals surface area contributed by atoms with Gasteiger partial charge in [-0.3, -0.25) is 0 Å². The van der Waals surface area contributed by atoms with Crippen molar-refractivity contribution >= 4 is 0 Å². The monoisotopic (exact) mass is 195 g/mol. The van der Waals surface area contributed by atoms with Gasteiger partial charge in [0.25, 0.3) is 0 Å². The van der Waals surface area contributed by atoms with E-state index in [1.807, 2.05) is 10.9 Å². The molecule has 1 aliphatic rings. The molecule has 1 aromatic rings. The van der Waals surface area contributed by atoms with Crippen molar-refractivity contribution in [1.29, 1.82) is 0 Å². The zero-order valence-electron chi connectivity index (χ0n) is 8.56. The Balaban J connectivity index is 0.000000461. The fourth-order valence-electron chi connectivity index (χ4n) is 1.31. The first-order chi connectivity index (χ1) is 6.77. The van der Waals surface area contributed by atoms with E-state index in [4.69, 9.17) is 0 Å². The van der Waals surface area contributed by atoms with E-state index in [2.05, 4.69) is 23.5 Å². The van der Waals surface area contributed by atoms with E-state index in [-0.39, 0.29) is 0 Å². The highest BCUT2D eigenvalue weighted by Crippen LogP contribution is 2.30. The van der Waals surface area contributed by atoms with Crippen molar-refractivity contribution in [3.8, 4) is 0 Å². The minimum atomic E-state index is -0.501. The summed E-state index contributed by atoms with van der Waals surface area (Å²) in [6, 6.07) is 0.532. The van der Waals surface area contributed by atoms with Crippen molar-refractivity contribution in [2.24, 2.45) is 0 Å². The molecule has 0 spiro atoms. The molecule has 4 nitrogen and oxygen atoms in total. The quantitative estimate of drug-likeness (QED) is 0.733. The first-order valence-corrected chi connectivity index (χ1v) is 4.87. The van der Waals surface area contributed by atoms with Crippen LogP contribution in [0.25, 0.3) is 0 Å². The van der Waals surface area contributed by atoms with Crippen LogP contribution in [-0.2, 0) is 0 Å². The van der Waals surface area contributed by atoms with Crippen LogP contribution in [0.3, 0.4) is 0 Å². The highest BCUT2D eigenvalue weighted by Gasteiger charge is 2.21. The minimum Gasteiger partial charge on any atom is -0.387 e. The second kappa shape index (κ2) is 4.91. The van der Waals surface area contributed by atoms with Crippen LogP contribution in [0.2, 0.25) is 0 Å². The summed E-state index contributed by atoms with van der Waals surface area (Å²) in [7, 11) is 0. The molecular weight excluding hydrogens is 178 g/mol. The molecule has 1 N–H and O–H groups in total. The van der Waals surface area contributed by atoms with Gasteiger partial charge in [0, 0.05) is 0 Å². The SMILES string of the molecule is C=C.CC(O)c1cn(C2CCC2)nn1. The van der Waals surface area contributed by atoms with Gasteiger partial charge in [0.1, 0.15) is 5.69 Å². The first-order valence-electron chi connectivity index (χ1n) is 4.87. The zero-order valence-corrected chi connectivity index (χ0v) is 8.56. The number of aromatic nitrogens is 3. The van der Waals surface area contributed by atoms with Crippen LogP contribution in [0.15, 0.2) is 19.4 Å². The maximum absolute atomic E-state index is 9.19. The van der Waals surface area contributed by atoms with Crippen LogP contribution in [0.1, 0.15) is 44.0 Å². The number of hydrogen-bond donors (Lipinski definition) is 1. The maximum Gasteiger partial charge on any atom is 0.111 e. The Morgan fingerprint density at radius 1 is 1.57 bits per heavy atom. The summed E-state index contributed by atoms with van der Waals surface area (Å²) in [4.78, 5) is 0. The summed E-state index contributed by atoms with van der Waals surface area (Å²) < 4.78 is 1.87. The number of rotatable bonds is 2. The maximum atomic E-state index is 9.19. The molecule has 1 unspecified atom stereocenters. The molecule has 1 atom stereocenters. The van der Waals surface area contributed by atoms with E-state index in [0.29, 0.717) is 11.7 Å². The van der Waals surface area contributed by atoms with Crippen molar-refractivity contribution in [2.75, 3.05) is 0 Å². The van der Waals surface area contributed by atoms with Crippen molar-refractivity contribution < 1.29 is 5.11 Å². The Hall–Kier alpha value is -1.16. The molecule has 0 amide bonds. The number of nitrogens with zero attached hydrogens (tertiary/aromatic N) is 3. The molecule has 0 radical (unpaired) electrons. The van der Waals surface area contributed by atoms with Crippen molar-refractivity contribution in [3.05, 3.63) is 25.0 Å². The van der Waals surface area contributed by atoms with Gasteiger partial charge in [-0.1, -0.05) is 5.21 Å². The molecule has 1 aliphatic carbocycles. The smallest absolute Gasteiger partial charge is 0.111 e. The lowest BCUT2D eigenvalue weighted by Crippen LogP contribution is -2.17. The Kier molecular flexibility index (Phi) is 3.83. The Labute approximate surface area is 84.3 Å². The van der Waals surface area contributed by atoms with Crippen LogP contribution in [0.4, 0.5) is 0 Å². The molecule has 1 fully saturated rings. The fraction of sp³-hybridized carbons (Fsp3) is 0.600. The predicted molar refractivity (Wildman–Crippen MR) is 54.8 cm³/mol. The molecule has 2 rings (SSSR count). The molecule has 0 saturated heterocycles. The molecule has 1 heterocycles. The number of aliphatic hydroxyl groups excluding tert-OH is 1. The van der Waals surface area contributed by atoms with E-state index in [9.17, 15) is 5.11 Å². The second-order valence-corrected chi connectivity index (χ2v) is 3.38. The molecule has 0 aromatic carbocycles. The average molecular weight is 195 g/mol. The van der Waals surface area contributed by atoms with Crippen LogP contribution in [0.5, 0.6) is 0 Å². The van der Waals surface area contributed by atoms with Gasteiger partial charge in [-0.2, -0.15) is 0 Å². The molecule has 4 heteroatoms. The first kappa shape index (κ1) is 10.9. The summed E-state index contributed by atoms with van der Waals surface area (Å²) >= 11 is 0. The van der Waals surface area contributed by atoms with Crippen molar-refractivity contribution in [3.63, 3.8) is 0 Å². The van der Waals surface area contributed by atoms with Crippen molar-refractivity contribution in [1.82, 2.24) is 15.0 Å². The molecular formula is C10H17N3O. The van der Waals surface area contributed by atoms with E-state index in [1.165, 1.54) is 19.3 Å². The van der Waals surface area contributed by atoms with E-state index in [0.717, 1.165) is 0 Å². The van der Waals surface area contributed by atoms with Crippen LogP contribution < -0.4 is 0 Å². The highest BCUT2D eigenvalue weighted by atomic mass is 16.3. The zero-order chi connectivity index (χ0) is 10.6. The molecule has 0 bridgehead atoms. The summed E-state index contributed by atoms with van der Waals surface area (Å²) in [5, 5.41) is 17.0. The summed E-state index contributed by atoms with van der Waals surface area (Å²) in [6.07, 6.45) is 5.02.